The zero-order valence-corrected chi connectivity index (χ0v) is 13.4. The van der Waals surface area contributed by atoms with Gasteiger partial charge >= 0.3 is 0 Å². The standard InChI is InChI=1S/C15H22N2O4S/c1-22(19,20)13-6-5-12(21-13)15(18)17-14-9-3-2-4-10(14)8-11(16)7-9/h5-6,9-11,14H,2-4,7-8,16H2,1H3,(H,17,18). The van der Waals surface area contributed by atoms with Crippen LogP contribution >= 0.6 is 0 Å². The van der Waals surface area contributed by atoms with Crippen LogP contribution in [0, 0.1) is 11.8 Å². The second-order valence-corrected chi connectivity index (χ2v) is 8.52. The van der Waals surface area contributed by atoms with Crippen LogP contribution in [0.15, 0.2) is 21.6 Å². The zero-order valence-electron chi connectivity index (χ0n) is 12.6. The van der Waals surface area contributed by atoms with Gasteiger partial charge in [0.15, 0.2) is 5.76 Å². The van der Waals surface area contributed by atoms with Crippen molar-refractivity contribution in [3.63, 3.8) is 0 Å². The molecule has 2 atom stereocenters. The summed E-state index contributed by atoms with van der Waals surface area (Å²) in [6, 6.07) is 3.08. The molecule has 6 nitrogen and oxygen atoms in total. The first-order chi connectivity index (χ1) is 10.3. The molecule has 1 heterocycles. The summed E-state index contributed by atoms with van der Waals surface area (Å²) in [7, 11) is -3.43. The number of amides is 1. The molecule has 22 heavy (non-hydrogen) atoms. The highest BCUT2D eigenvalue weighted by molar-refractivity contribution is 7.90. The molecule has 1 aromatic heterocycles. The molecule has 3 N–H and O–H groups in total. The van der Waals surface area contributed by atoms with Gasteiger partial charge in [-0.15, -0.1) is 0 Å². The Hall–Kier alpha value is -1.34. The Morgan fingerprint density at radius 2 is 1.91 bits per heavy atom. The van der Waals surface area contributed by atoms with Crippen molar-refractivity contribution in [2.45, 2.75) is 49.3 Å². The minimum Gasteiger partial charge on any atom is -0.440 e. The number of nitrogens with two attached hydrogens (primary N) is 1. The van der Waals surface area contributed by atoms with Crippen molar-refractivity contribution in [1.29, 1.82) is 0 Å². The maximum absolute atomic E-state index is 12.3. The Balaban J connectivity index is 1.73. The number of fused-ring (bicyclic) bond motifs is 2. The fourth-order valence-electron chi connectivity index (χ4n) is 3.89. The van der Waals surface area contributed by atoms with Gasteiger partial charge in [0.05, 0.1) is 0 Å². The van der Waals surface area contributed by atoms with E-state index in [1.54, 1.807) is 0 Å². The molecule has 122 valence electrons. The van der Waals surface area contributed by atoms with Crippen molar-refractivity contribution < 1.29 is 17.6 Å². The largest absolute Gasteiger partial charge is 0.440 e. The first-order valence-corrected chi connectivity index (χ1v) is 9.60. The average molecular weight is 326 g/mol. The van der Waals surface area contributed by atoms with Gasteiger partial charge in [0.25, 0.3) is 5.91 Å². The normalized spacial score (nSPS) is 31.7. The topological polar surface area (TPSA) is 102 Å². The number of hydrogen-bond donors (Lipinski definition) is 2. The lowest BCUT2D eigenvalue weighted by atomic mass is 9.67. The van der Waals surface area contributed by atoms with E-state index in [1.165, 1.54) is 18.6 Å². The first-order valence-electron chi connectivity index (χ1n) is 7.71. The summed E-state index contributed by atoms with van der Waals surface area (Å²) in [4.78, 5) is 12.3. The molecule has 2 bridgehead atoms. The van der Waals surface area contributed by atoms with Crippen LogP contribution in [-0.2, 0) is 9.84 Å². The molecule has 1 amide bonds. The van der Waals surface area contributed by atoms with Crippen molar-refractivity contribution >= 4 is 15.7 Å². The molecular formula is C15H22N2O4S. The Morgan fingerprint density at radius 1 is 1.27 bits per heavy atom. The second-order valence-electron chi connectivity index (χ2n) is 6.57. The summed E-state index contributed by atoms with van der Waals surface area (Å²) in [6.45, 7) is 0. The molecule has 2 aliphatic rings. The molecule has 0 radical (unpaired) electrons. The summed E-state index contributed by atoms with van der Waals surface area (Å²) in [5.74, 6) is 0.534. The van der Waals surface area contributed by atoms with Crippen LogP contribution in [0.1, 0.15) is 42.7 Å². The van der Waals surface area contributed by atoms with E-state index in [1.807, 2.05) is 0 Å². The molecule has 0 saturated heterocycles. The van der Waals surface area contributed by atoms with Crippen LogP contribution in [-0.4, -0.2) is 32.7 Å². The van der Waals surface area contributed by atoms with E-state index in [0.29, 0.717) is 11.8 Å². The van der Waals surface area contributed by atoms with Crippen LogP contribution in [0.2, 0.25) is 0 Å². The third kappa shape index (κ3) is 3.05. The van der Waals surface area contributed by atoms with Crippen LogP contribution in [0.3, 0.4) is 0 Å². The highest BCUT2D eigenvalue weighted by atomic mass is 32.2. The van der Waals surface area contributed by atoms with Gasteiger partial charge < -0.3 is 15.5 Å². The Bertz CT molecular complexity index is 653. The van der Waals surface area contributed by atoms with Gasteiger partial charge in [-0.3, -0.25) is 4.79 Å². The smallest absolute Gasteiger partial charge is 0.287 e. The minimum atomic E-state index is -3.43. The van der Waals surface area contributed by atoms with Crippen molar-refractivity contribution in [2.75, 3.05) is 6.26 Å². The molecule has 3 rings (SSSR count). The summed E-state index contributed by atoms with van der Waals surface area (Å²) in [5.41, 5.74) is 6.08. The van der Waals surface area contributed by atoms with Gasteiger partial charge in [0, 0.05) is 18.3 Å². The van der Waals surface area contributed by atoms with E-state index in [4.69, 9.17) is 10.2 Å². The lowest BCUT2D eigenvalue weighted by Crippen LogP contribution is -2.53. The van der Waals surface area contributed by atoms with Gasteiger partial charge in [-0.1, -0.05) is 6.42 Å². The van der Waals surface area contributed by atoms with Gasteiger partial charge in [-0.25, -0.2) is 8.42 Å². The summed E-state index contributed by atoms with van der Waals surface area (Å²) in [6.07, 6.45) is 6.29. The molecule has 2 unspecified atom stereocenters. The number of carbonyl (C=O) groups is 1. The lowest BCUT2D eigenvalue weighted by molar-refractivity contribution is 0.0728. The molecule has 0 spiro atoms. The lowest BCUT2D eigenvalue weighted by Gasteiger charge is -2.45. The number of rotatable bonds is 3. The predicted molar refractivity (Wildman–Crippen MR) is 81.1 cm³/mol. The van der Waals surface area contributed by atoms with E-state index in [2.05, 4.69) is 5.32 Å². The Labute approximate surface area is 130 Å². The van der Waals surface area contributed by atoms with E-state index in [-0.39, 0.29) is 28.8 Å². The van der Waals surface area contributed by atoms with Crippen molar-refractivity contribution in [3.8, 4) is 0 Å². The molecule has 7 heteroatoms. The van der Waals surface area contributed by atoms with Gasteiger partial charge in [0.2, 0.25) is 14.9 Å². The third-order valence-electron chi connectivity index (χ3n) is 4.84. The Kier molecular flexibility index (Phi) is 4.03. The highest BCUT2D eigenvalue weighted by Gasteiger charge is 2.40. The molecule has 2 saturated carbocycles. The van der Waals surface area contributed by atoms with E-state index < -0.39 is 9.84 Å². The fourth-order valence-corrected chi connectivity index (χ4v) is 4.45. The SMILES string of the molecule is CS(=O)(=O)c1ccc(C(=O)NC2C3CCCC2CC(N)C3)o1. The van der Waals surface area contributed by atoms with Gasteiger partial charge in [-0.05, 0) is 49.7 Å². The molecule has 2 aliphatic carbocycles. The molecule has 1 aromatic rings. The first kappa shape index (κ1) is 15.6. The number of sulfone groups is 1. The van der Waals surface area contributed by atoms with Gasteiger partial charge in [0.1, 0.15) is 0 Å². The summed E-state index contributed by atoms with van der Waals surface area (Å²) >= 11 is 0. The predicted octanol–water partition coefficient (Wildman–Crippen LogP) is 1.32. The minimum absolute atomic E-state index is 0.0494. The van der Waals surface area contributed by atoms with Crippen molar-refractivity contribution in [3.05, 3.63) is 17.9 Å². The monoisotopic (exact) mass is 326 g/mol. The molecule has 0 aromatic carbocycles. The third-order valence-corrected chi connectivity index (χ3v) is 5.80. The summed E-state index contributed by atoms with van der Waals surface area (Å²) < 4.78 is 28.0. The Morgan fingerprint density at radius 3 is 2.45 bits per heavy atom. The second kappa shape index (κ2) is 5.70. The molecule has 0 aliphatic heterocycles. The zero-order chi connectivity index (χ0) is 15.9. The van der Waals surface area contributed by atoms with Crippen molar-refractivity contribution in [1.82, 2.24) is 5.32 Å². The number of hydrogen-bond acceptors (Lipinski definition) is 5. The number of furan rings is 1. The summed E-state index contributed by atoms with van der Waals surface area (Å²) in [5, 5.41) is 2.86. The molecule has 2 fully saturated rings. The van der Waals surface area contributed by atoms with Gasteiger partial charge in [-0.2, -0.15) is 0 Å². The van der Waals surface area contributed by atoms with Crippen molar-refractivity contribution in [2.24, 2.45) is 17.6 Å². The average Bonchev–Trinajstić information content (AvgIpc) is 2.89. The van der Waals surface area contributed by atoms with Crippen LogP contribution in [0.25, 0.3) is 0 Å². The van der Waals surface area contributed by atoms with Crippen LogP contribution in [0.4, 0.5) is 0 Å². The highest BCUT2D eigenvalue weighted by Crippen LogP contribution is 2.39. The maximum atomic E-state index is 12.3. The van der Waals surface area contributed by atoms with E-state index >= 15 is 0 Å². The van der Waals surface area contributed by atoms with E-state index in [0.717, 1.165) is 31.9 Å². The molecular weight excluding hydrogens is 304 g/mol. The quantitative estimate of drug-likeness (QED) is 0.872. The number of carbonyl (C=O) groups excluding carboxylic acids is 1. The van der Waals surface area contributed by atoms with Crippen LogP contribution < -0.4 is 11.1 Å². The van der Waals surface area contributed by atoms with E-state index in [9.17, 15) is 13.2 Å². The van der Waals surface area contributed by atoms with Crippen LogP contribution in [0.5, 0.6) is 0 Å². The number of nitrogens with one attached hydrogen (secondary N) is 1. The maximum Gasteiger partial charge on any atom is 0.287 e. The fraction of sp³-hybridized carbons (Fsp3) is 0.667.